The number of halogens is 3. The van der Waals surface area contributed by atoms with Crippen molar-refractivity contribution in [1.82, 2.24) is 18.9 Å². The molecule has 11 heteroatoms. The summed E-state index contributed by atoms with van der Waals surface area (Å²) in [7, 11) is 0. The third-order valence-electron chi connectivity index (χ3n) is 5.57. The van der Waals surface area contributed by atoms with Gasteiger partial charge in [0.2, 0.25) is 5.91 Å². The van der Waals surface area contributed by atoms with Crippen molar-refractivity contribution in [1.29, 1.82) is 0 Å². The molecule has 2 aromatic heterocycles. The molecule has 0 fully saturated rings. The van der Waals surface area contributed by atoms with Crippen LogP contribution in [0.1, 0.15) is 23.7 Å². The van der Waals surface area contributed by atoms with Crippen molar-refractivity contribution in [2.45, 2.75) is 39.7 Å². The Morgan fingerprint density at radius 1 is 0.971 bits per heavy atom. The van der Waals surface area contributed by atoms with E-state index < -0.39 is 41.1 Å². The summed E-state index contributed by atoms with van der Waals surface area (Å²) >= 11 is 0. The second-order valence-corrected chi connectivity index (χ2v) is 7.94. The monoisotopic (exact) mass is 485 g/mol. The van der Waals surface area contributed by atoms with E-state index in [0.29, 0.717) is 17.8 Å². The fourth-order valence-corrected chi connectivity index (χ4v) is 4.02. The van der Waals surface area contributed by atoms with Gasteiger partial charge in [0.15, 0.2) is 5.52 Å². The number of anilines is 1. The van der Waals surface area contributed by atoms with Crippen molar-refractivity contribution in [3.63, 3.8) is 0 Å². The first-order chi connectivity index (χ1) is 16.6. The highest BCUT2D eigenvalue weighted by Crippen LogP contribution is 2.34. The molecule has 0 aliphatic heterocycles. The SMILES string of the molecule is CCn1nc(C)c2c1c(=O)n(Cc1ccccc1)c(=O)n2CC(=O)Nc1ccccc1C(F)(F)F. The number of rotatable bonds is 6. The molecule has 0 saturated carbocycles. The summed E-state index contributed by atoms with van der Waals surface area (Å²) in [6.45, 7) is 3.08. The zero-order valence-corrected chi connectivity index (χ0v) is 19.0. The van der Waals surface area contributed by atoms with Gasteiger partial charge < -0.3 is 5.32 Å². The van der Waals surface area contributed by atoms with Crippen molar-refractivity contribution in [2.24, 2.45) is 0 Å². The van der Waals surface area contributed by atoms with E-state index in [1.54, 1.807) is 44.2 Å². The number of amides is 1. The van der Waals surface area contributed by atoms with Crippen LogP contribution in [0.2, 0.25) is 0 Å². The lowest BCUT2D eigenvalue weighted by Crippen LogP contribution is -2.42. The Morgan fingerprint density at radius 2 is 1.63 bits per heavy atom. The maximum absolute atomic E-state index is 13.4. The van der Waals surface area contributed by atoms with Crippen molar-refractivity contribution < 1.29 is 18.0 Å². The maximum atomic E-state index is 13.4. The fraction of sp³-hybridized carbons (Fsp3) is 0.250. The first-order valence-corrected chi connectivity index (χ1v) is 10.8. The predicted octanol–water partition coefficient (Wildman–Crippen LogP) is 3.39. The van der Waals surface area contributed by atoms with Gasteiger partial charge in [-0.25, -0.2) is 4.79 Å². The molecule has 0 atom stereocenters. The number of nitrogens with zero attached hydrogens (tertiary/aromatic N) is 4. The summed E-state index contributed by atoms with van der Waals surface area (Å²) < 4.78 is 43.6. The molecule has 2 aromatic carbocycles. The maximum Gasteiger partial charge on any atom is 0.418 e. The van der Waals surface area contributed by atoms with Crippen molar-refractivity contribution in [3.8, 4) is 0 Å². The molecule has 0 saturated heterocycles. The second kappa shape index (κ2) is 9.24. The minimum atomic E-state index is -4.67. The highest BCUT2D eigenvalue weighted by atomic mass is 19.4. The molecule has 35 heavy (non-hydrogen) atoms. The van der Waals surface area contributed by atoms with Crippen LogP contribution in [0.15, 0.2) is 64.2 Å². The number of nitrogens with one attached hydrogen (secondary N) is 1. The lowest BCUT2D eigenvalue weighted by atomic mass is 10.1. The fourth-order valence-electron chi connectivity index (χ4n) is 4.02. The Morgan fingerprint density at radius 3 is 2.29 bits per heavy atom. The van der Waals surface area contributed by atoms with Crippen LogP contribution in [0.3, 0.4) is 0 Å². The van der Waals surface area contributed by atoms with Gasteiger partial charge in [0.25, 0.3) is 5.56 Å². The van der Waals surface area contributed by atoms with Crippen molar-refractivity contribution in [2.75, 3.05) is 5.32 Å². The minimum absolute atomic E-state index is 0.0408. The van der Waals surface area contributed by atoms with Gasteiger partial charge in [-0.05, 0) is 31.5 Å². The number of benzene rings is 2. The molecule has 0 radical (unpaired) electrons. The second-order valence-electron chi connectivity index (χ2n) is 7.94. The lowest BCUT2D eigenvalue weighted by molar-refractivity contribution is -0.137. The molecule has 0 unspecified atom stereocenters. The van der Waals surface area contributed by atoms with Gasteiger partial charge in [-0.1, -0.05) is 42.5 Å². The van der Waals surface area contributed by atoms with E-state index in [9.17, 15) is 27.6 Å². The highest BCUT2D eigenvalue weighted by molar-refractivity contribution is 5.92. The topological polar surface area (TPSA) is 90.9 Å². The Balaban J connectivity index is 1.82. The average molecular weight is 485 g/mol. The van der Waals surface area contributed by atoms with E-state index in [-0.39, 0.29) is 17.6 Å². The van der Waals surface area contributed by atoms with Crippen LogP contribution in [0.25, 0.3) is 11.0 Å². The quantitative estimate of drug-likeness (QED) is 0.453. The zero-order valence-electron chi connectivity index (χ0n) is 19.0. The highest BCUT2D eigenvalue weighted by Gasteiger charge is 2.33. The molecule has 1 N–H and O–H groups in total. The zero-order chi connectivity index (χ0) is 25.3. The average Bonchev–Trinajstić information content (AvgIpc) is 3.16. The summed E-state index contributed by atoms with van der Waals surface area (Å²) in [5.74, 6) is -0.848. The molecule has 4 aromatic rings. The normalized spacial score (nSPS) is 11.7. The molecule has 4 rings (SSSR count). The number of hydrogen-bond donors (Lipinski definition) is 1. The van der Waals surface area contributed by atoms with Gasteiger partial charge in [0.05, 0.1) is 23.5 Å². The van der Waals surface area contributed by atoms with Gasteiger partial charge in [0.1, 0.15) is 12.1 Å². The Bertz CT molecular complexity index is 1520. The smallest absolute Gasteiger partial charge is 0.324 e. The molecule has 1 amide bonds. The van der Waals surface area contributed by atoms with Gasteiger partial charge in [-0.3, -0.25) is 23.4 Å². The van der Waals surface area contributed by atoms with Crippen LogP contribution in [0.4, 0.5) is 18.9 Å². The van der Waals surface area contributed by atoms with Gasteiger partial charge >= 0.3 is 11.9 Å². The molecular weight excluding hydrogens is 463 g/mol. The number of aromatic nitrogens is 4. The Labute approximate surface area is 197 Å². The first kappa shape index (κ1) is 24.0. The Kier molecular flexibility index (Phi) is 6.33. The predicted molar refractivity (Wildman–Crippen MR) is 124 cm³/mol. The van der Waals surface area contributed by atoms with E-state index >= 15 is 0 Å². The van der Waals surface area contributed by atoms with Crippen LogP contribution in [-0.4, -0.2) is 24.8 Å². The molecule has 182 valence electrons. The van der Waals surface area contributed by atoms with Crippen LogP contribution in [0, 0.1) is 6.92 Å². The van der Waals surface area contributed by atoms with E-state index in [0.717, 1.165) is 21.3 Å². The van der Waals surface area contributed by atoms with Gasteiger partial charge in [-0.15, -0.1) is 0 Å². The van der Waals surface area contributed by atoms with Gasteiger partial charge in [0, 0.05) is 6.54 Å². The van der Waals surface area contributed by atoms with Crippen LogP contribution in [0.5, 0.6) is 0 Å². The summed E-state index contributed by atoms with van der Waals surface area (Å²) in [4.78, 5) is 39.5. The molecule has 0 aliphatic carbocycles. The van der Waals surface area contributed by atoms with E-state index in [1.807, 2.05) is 0 Å². The third-order valence-corrected chi connectivity index (χ3v) is 5.57. The third kappa shape index (κ3) is 4.61. The molecule has 0 bridgehead atoms. The number of fused-ring (bicyclic) bond motifs is 1. The number of para-hydroxylation sites is 1. The molecule has 8 nitrogen and oxygen atoms in total. The van der Waals surface area contributed by atoms with Crippen molar-refractivity contribution >= 4 is 22.6 Å². The van der Waals surface area contributed by atoms with Crippen LogP contribution in [-0.2, 0) is 30.6 Å². The molecular formula is C24H22F3N5O3. The van der Waals surface area contributed by atoms with Crippen molar-refractivity contribution in [3.05, 3.63) is 92.3 Å². The first-order valence-electron chi connectivity index (χ1n) is 10.8. The number of aryl methyl sites for hydroxylation is 2. The minimum Gasteiger partial charge on any atom is -0.324 e. The summed E-state index contributed by atoms with van der Waals surface area (Å²) in [5.41, 5.74) is -1.39. The van der Waals surface area contributed by atoms with Crippen LogP contribution >= 0.6 is 0 Å². The lowest BCUT2D eigenvalue weighted by Gasteiger charge is -2.15. The molecule has 2 heterocycles. The number of carbonyl (C=O) groups is 1. The largest absolute Gasteiger partial charge is 0.418 e. The van der Waals surface area contributed by atoms with E-state index in [4.69, 9.17) is 0 Å². The van der Waals surface area contributed by atoms with Gasteiger partial charge in [-0.2, -0.15) is 18.3 Å². The van der Waals surface area contributed by atoms with E-state index in [2.05, 4.69) is 10.4 Å². The number of alkyl halides is 3. The summed E-state index contributed by atoms with van der Waals surface area (Å²) in [6, 6.07) is 13.4. The number of hydrogen-bond acceptors (Lipinski definition) is 4. The standard InChI is InChI=1S/C24H22F3N5O3/c1-3-32-21-20(15(2)29-32)30(23(35)31(22(21)34)13-16-9-5-4-6-10-16)14-19(33)28-18-12-8-7-11-17(18)24(25,26)27/h4-12H,3,13-14H2,1-2H3,(H,28,33). The Hall–Kier alpha value is -4.15. The van der Waals surface area contributed by atoms with E-state index in [1.165, 1.54) is 16.8 Å². The molecule has 0 spiro atoms. The number of carbonyl (C=O) groups excluding carboxylic acids is 1. The summed E-state index contributed by atoms with van der Waals surface area (Å²) in [6.07, 6.45) is -4.67. The molecule has 0 aliphatic rings. The summed E-state index contributed by atoms with van der Waals surface area (Å²) in [5, 5.41) is 6.57. The van der Waals surface area contributed by atoms with Crippen LogP contribution < -0.4 is 16.6 Å².